The van der Waals surface area contributed by atoms with E-state index >= 15 is 0 Å². The molecule has 0 fully saturated rings. The Bertz CT molecular complexity index is 532. The summed E-state index contributed by atoms with van der Waals surface area (Å²) in [5.74, 6) is -0.798. The van der Waals surface area contributed by atoms with Crippen molar-refractivity contribution in [3.05, 3.63) is 35.2 Å². The van der Waals surface area contributed by atoms with Crippen LogP contribution < -0.4 is 5.32 Å². The highest BCUT2D eigenvalue weighted by Gasteiger charge is 2.34. The van der Waals surface area contributed by atoms with E-state index in [1.807, 2.05) is 0 Å². The molecule has 2 aliphatic rings. The van der Waals surface area contributed by atoms with Crippen LogP contribution in [-0.4, -0.2) is 23.1 Å². The van der Waals surface area contributed by atoms with Gasteiger partial charge in [-0.15, -0.1) is 0 Å². The van der Waals surface area contributed by atoms with E-state index in [0.717, 1.165) is 18.7 Å². The van der Waals surface area contributed by atoms with Crippen molar-refractivity contribution in [1.29, 1.82) is 0 Å². The van der Waals surface area contributed by atoms with Gasteiger partial charge < -0.3 is 5.32 Å². The molecule has 0 unspecified atom stereocenters. The Labute approximate surface area is 92.4 Å². The van der Waals surface area contributed by atoms with Crippen LogP contribution in [0.2, 0.25) is 0 Å². The second-order valence-electron chi connectivity index (χ2n) is 3.94. The lowest BCUT2D eigenvalue weighted by molar-refractivity contribution is -0.112. The molecule has 1 aromatic heterocycles. The van der Waals surface area contributed by atoms with Gasteiger partial charge in [0.25, 0.3) is 0 Å². The van der Waals surface area contributed by atoms with Crippen LogP contribution in [-0.2, 0) is 4.79 Å². The van der Waals surface area contributed by atoms with Crippen molar-refractivity contribution in [2.45, 2.75) is 12.8 Å². The molecule has 0 atom stereocenters. The van der Waals surface area contributed by atoms with E-state index in [2.05, 4.69) is 10.3 Å². The maximum atomic E-state index is 11.8. The maximum absolute atomic E-state index is 11.8. The predicted octanol–water partition coefficient (Wildman–Crippen LogP) is 0.942. The highest BCUT2D eigenvalue weighted by atomic mass is 16.2. The average molecular weight is 214 g/mol. The lowest BCUT2D eigenvalue weighted by atomic mass is 9.86. The second kappa shape index (κ2) is 3.27. The fraction of sp³-hybridized carbons (Fsp3) is 0.250. The standard InChI is InChI=1S/C12H10N2O2/c15-11-7-3-1-5-13-9(7)10-8(12(11)16)4-2-6-14-10/h1,3,5,14H,2,4,6H2. The third-order valence-electron chi connectivity index (χ3n) is 2.98. The molecule has 1 aliphatic carbocycles. The molecule has 1 aromatic rings. The van der Waals surface area contributed by atoms with Crippen LogP contribution in [0.25, 0.3) is 5.70 Å². The van der Waals surface area contributed by atoms with Gasteiger partial charge in [-0.1, -0.05) is 0 Å². The number of hydrogen-bond acceptors (Lipinski definition) is 4. The van der Waals surface area contributed by atoms with E-state index in [-0.39, 0.29) is 5.78 Å². The molecular weight excluding hydrogens is 204 g/mol. The van der Waals surface area contributed by atoms with Gasteiger partial charge in [0.1, 0.15) is 0 Å². The fourth-order valence-corrected chi connectivity index (χ4v) is 2.21. The summed E-state index contributed by atoms with van der Waals surface area (Å²) in [5, 5.41) is 3.17. The van der Waals surface area contributed by atoms with Crippen LogP contribution in [0.3, 0.4) is 0 Å². The van der Waals surface area contributed by atoms with Gasteiger partial charge in [0, 0.05) is 18.3 Å². The normalized spacial score (nSPS) is 19.0. The number of hydrogen-bond donors (Lipinski definition) is 1. The van der Waals surface area contributed by atoms with Crippen LogP contribution in [0.15, 0.2) is 23.9 Å². The summed E-state index contributed by atoms with van der Waals surface area (Å²) in [4.78, 5) is 27.9. The number of Topliss-reactive ketones (excluding diaryl/α,β-unsaturated/α-hetero) is 2. The minimum Gasteiger partial charge on any atom is -0.383 e. The van der Waals surface area contributed by atoms with E-state index < -0.39 is 5.78 Å². The summed E-state index contributed by atoms with van der Waals surface area (Å²) in [5.41, 5.74) is 2.40. The first-order chi connectivity index (χ1) is 7.79. The number of carbonyl (C=O) groups excluding carboxylic acids is 2. The van der Waals surface area contributed by atoms with E-state index in [0.29, 0.717) is 23.3 Å². The lowest BCUT2D eigenvalue weighted by Gasteiger charge is -2.25. The highest BCUT2D eigenvalue weighted by Crippen LogP contribution is 2.30. The van der Waals surface area contributed by atoms with E-state index in [9.17, 15) is 9.59 Å². The van der Waals surface area contributed by atoms with Gasteiger partial charge in [0.05, 0.1) is 17.0 Å². The van der Waals surface area contributed by atoms with Gasteiger partial charge in [-0.25, -0.2) is 0 Å². The number of pyridine rings is 1. The number of allylic oxidation sites excluding steroid dienone is 1. The summed E-state index contributed by atoms with van der Waals surface area (Å²) in [6.45, 7) is 0.830. The van der Waals surface area contributed by atoms with Gasteiger partial charge in [-0.3, -0.25) is 14.6 Å². The van der Waals surface area contributed by atoms with Crippen LogP contribution in [0.1, 0.15) is 28.9 Å². The van der Waals surface area contributed by atoms with Gasteiger partial charge in [0.15, 0.2) is 0 Å². The average Bonchev–Trinajstić information content (AvgIpc) is 2.36. The number of nitrogens with one attached hydrogen (secondary N) is 1. The fourth-order valence-electron chi connectivity index (χ4n) is 2.21. The Morgan fingerprint density at radius 3 is 3.00 bits per heavy atom. The van der Waals surface area contributed by atoms with Crippen molar-refractivity contribution < 1.29 is 9.59 Å². The van der Waals surface area contributed by atoms with Crippen LogP contribution in [0.4, 0.5) is 0 Å². The lowest BCUT2D eigenvalue weighted by Crippen LogP contribution is -2.33. The van der Waals surface area contributed by atoms with Gasteiger partial charge in [0.2, 0.25) is 11.6 Å². The summed E-state index contributed by atoms with van der Waals surface area (Å²) >= 11 is 0. The topological polar surface area (TPSA) is 59.1 Å². The van der Waals surface area contributed by atoms with Crippen molar-refractivity contribution in [3.8, 4) is 0 Å². The number of carbonyl (C=O) groups is 2. The Balaban J connectivity index is 2.28. The summed E-state index contributed by atoms with van der Waals surface area (Å²) in [6, 6.07) is 3.33. The third-order valence-corrected chi connectivity index (χ3v) is 2.98. The van der Waals surface area contributed by atoms with Crippen molar-refractivity contribution >= 4 is 17.3 Å². The van der Waals surface area contributed by atoms with E-state index in [1.165, 1.54) is 0 Å². The molecule has 3 rings (SSSR count). The number of nitrogens with zero attached hydrogens (tertiary/aromatic N) is 1. The Hall–Kier alpha value is -1.97. The smallest absolute Gasteiger partial charge is 0.235 e. The van der Waals surface area contributed by atoms with Crippen LogP contribution in [0, 0.1) is 0 Å². The SMILES string of the molecule is O=C1C(=O)c2cccnc2C2=C1CCCN2. The van der Waals surface area contributed by atoms with Crippen molar-refractivity contribution in [2.24, 2.45) is 0 Å². The summed E-state index contributed by atoms with van der Waals surface area (Å²) in [6.07, 6.45) is 3.20. The molecule has 0 saturated heterocycles. The molecule has 80 valence electrons. The molecule has 0 aromatic carbocycles. The molecule has 16 heavy (non-hydrogen) atoms. The Morgan fingerprint density at radius 1 is 1.25 bits per heavy atom. The molecule has 0 radical (unpaired) electrons. The Morgan fingerprint density at radius 2 is 2.12 bits per heavy atom. The molecule has 0 saturated carbocycles. The summed E-state index contributed by atoms with van der Waals surface area (Å²) < 4.78 is 0. The van der Waals surface area contributed by atoms with Crippen molar-refractivity contribution in [1.82, 2.24) is 10.3 Å². The number of ketones is 2. The largest absolute Gasteiger partial charge is 0.383 e. The zero-order chi connectivity index (χ0) is 11.1. The molecule has 0 spiro atoms. The molecular formula is C12H10N2O2. The first-order valence-electron chi connectivity index (χ1n) is 5.30. The molecule has 0 amide bonds. The number of rotatable bonds is 0. The molecule has 4 heteroatoms. The van der Waals surface area contributed by atoms with Gasteiger partial charge in [-0.2, -0.15) is 0 Å². The molecule has 0 bridgehead atoms. The van der Waals surface area contributed by atoms with Gasteiger partial charge in [-0.05, 0) is 25.0 Å². The molecule has 1 N–H and O–H groups in total. The second-order valence-corrected chi connectivity index (χ2v) is 3.94. The van der Waals surface area contributed by atoms with E-state index in [4.69, 9.17) is 0 Å². The van der Waals surface area contributed by atoms with Crippen molar-refractivity contribution in [2.75, 3.05) is 6.54 Å². The predicted molar refractivity (Wildman–Crippen MR) is 57.7 cm³/mol. The zero-order valence-electron chi connectivity index (χ0n) is 8.62. The first kappa shape index (κ1) is 9.27. The van der Waals surface area contributed by atoms with Crippen LogP contribution in [0.5, 0.6) is 0 Å². The molecule has 2 heterocycles. The molecule has 4 nitrogen and oxygen atoms in total. The number of fused-ring (bicyclic) bond motifs is 2. The Kier molecular flexibility index (Phi) is 1.89. The van der Waals surface area contributed by atoms with E-state index in [1.54, 1.807) is 18.3 Å². The van der Waals surface area contributed by atoms with Gasteiger partial charge >= 0.3 is 0 Å². The monoisotopic (exact) mass is 214 g/mol. The highest BCUT2D eigenvalue weighted by molar-refractivity contribution is 6.52. The number of aromatic nitrogens is 1. The first-order valence-corrected chi connectivity index (χ1v) is 5.30. The minimum atomic E-state index is -0.425. The van der Waals surface area contributed by atoms with Crippen LogP contribution >= 0.6 is 0 Å². The minimum absolute atomic E-state index is 0.372. The quantitative estimate of drug-likeness (QED) is 0.653. The maximum Gasteiger partial charge on any atom is 0.235 e. The zero-order valence-corrected chi connectivity index (χ0v) is 8.62. The third kappa shape index (κ3) is 1.13. The molecule has 1 aliphatic heterocycles. The summed E-state index contributed by atoms with van der Waals surface area (Å²) in [7, 11) is 0. The van der Waals surface area contributed by atoms with Crippen molar-refractivity contribution in [3.63, 3.8) is 0 Å².